The minimum Gasteiger partial charge on any atom is -0.345 e. The van der Waals surface area contributed by atoms with Gasteiger partial charge in [-0.2, -0.15) is 0 Å². The molecule has 1 atom stereocenters. The van der Waals surface area contributed by atoms with Crippen molar-refractivity contribution in [3.63, 3.8) is 0 Å². The van der Waals surface area contributed by atoms with Crippen molar-refractivity contribution in [2.24, 2.45) is 0 Å². The first-order chi connectivity index (χ1) is 11.0. The number of rotatable bonds is 5. The molecular formula is C15H16N4O2S2. The third kappa shape index (κ3) is 3.70. The first kappa shape index (κ1) is 15.9. The maximum atomic E-state index is 12.2. The highest BCUT2D eigenvalue weighted by Gasteiger charge is 2.29. The zero-order valence-corrected chi connectivity index (χ0v) is 14.3. The second-order valence-electron chi connectivity index (χ2n) is 5.41. The first-order valence-corrected chi connectivity index (χ1v) is 8.92. The van der Waals surface area contributed by atoms with E-state index in [1.165, 1.54) is 11.3 Å². The van der Waals surface area contributed by atoms with Crippen LogP contribution in [0.4, 0.5) is 5.13 Å². The molecule has 1 unspecified atom stereocenters. The second-order valence-corrected chi connectivity index (χ2v) is 8.21. The van der Waals surface area contributed by atoms with E-state index in [0.717, 1.165) is 9.90 Å². The molecule has 2 amide bonds. The molecule has 120 valence electrons. The lowest BCUT2D eigenvalue weighted by Gasteiger charge is -2.10. The molecule has 0 aliphatic carbocycles. The number of fused-ring (bicyclic) bond motifs is 1. The van der Waals surface area contributed by atoms with Crippen LogP contribution < -0.4 is 10.6 Å². The molecule has 3 rings (SSSR count). The van der Waals surface area contributed by atoms with E-state index < -0.39 is 0 Å². The van der Waals surface area contributed by atoms with Crippen LogP contribution >= 0.6 is 23.1 Å². The van der Waals surface area contributed by atoms with E-state index in [9.17, 15) is 9.59 Å². The number of carbonyl (C=O) groups excluding carboxylic acids is 2. The van der Waals surface area contributed by atoms with Crippen LogP contribution in [0.3, 0.4) is 0 Å². The van der Waals surface area contributed by atoms with Crippen LogP contribution in [0.2, 0.25) is 0 Å². The van der Waals surface area contributed by atoms with Gasteiger partial charge in [-0.3, -0.25) is 9.59 Å². The van der Waals surface area contributed by atoms with Crippen molar-refractivity contribution in [1.29, 1.82) is 0 Å². The predicted molar refractivity (Wildman–Crippen MR) is 90.8 cm³/mol. The molecule has 0 spiro atoms. The Bertz CT molecular complexity index is 745. The normalized spacial score (nSPS) is 16.3. The highest BCUT2D eigenvalue weighted by molar-refractivity contribution is 8.01. The van der Waals surface area contributed by atoms with E-state index in [-0.39, 0.29) is 24.3 Å². The molecule has 0 bridgehead atoms. The van der Waals surface area contributed by atoms with Gasteiger partial charge in [-0.15, -0.1) is 10.2 Å². The van der Waals surface area contributed by atoms with Gasteiger partial charge in [-0.1, -0.05) is 55.1 Å². The summed E-state index contributed by atoms with van der Waals surface area (Å²) < 4.78 is 0.829. The Labute approximate surface area is 142 Å². The first-order valence-electron chi connectivity index (χ1n) is 7.22. The summed E-state index contributed by atoms with van der Waals surface area (Å²) in [6.07, 6.45) is 0.176. The number of aromatic nitrogens is 2. The third-order valence-corrected chi connectivity index (χ3v) is 5.19. The van der Waals surface area contributed by atoms with Gasteiger partial charge in [0.25, 0.3) is 5.91 Å². The van der Waals surface area contributed by atoms with Crippen molar-refractivity contribution < 1.29 is 9.59 Å². The summed E-state index contributed by atoms with van der Waals surface area (Å²) >= 11 is 2.96. The van der Waals surface area contributed by atoms with Gasteiger partial charge in [0.1, 0.15) is 0 Å². The van der Waals surface area contributed by atoms with Crippen molar-refractivity contribution in [1.82, 2.24) is 15.5 Å². The van der Waals surface area contributed by atoms with E-state index in [1.54, 1.807) is 17.8 Å². The van der Waals surface area contributed by atoms with Crippen LogP contribution in [-0.2, 0) is 4.79 Å². The number of benzene rings is 1. The Morgan fingerprint density at radius 2 is 2.17 bits per heavy atom. The fourth-order valence-corrected chi connectivity index (χ4v) is 4.34. The summed E-state index contributed by atoms with van der Waals surface area (Å²) in [5, 5.41) is 14.5. The molecule has 1 aromatic heterocycles. The lowest BCUT2D eigenvalue weighted by atomic mass is 10.0. The number of hydrogen-bond donors (Lipinski definition) is 2. The minimum absolute atomic E-state index is 0.134. The van der Waals surface area contributed by atoms with E-state index in [1.807, 2.05) is 18.2 Å². The van der Waals surface area contributed by atoms with E-state index in [0.29, 0.717) is 15.9 Å². The third-order valence-electron chi connectivity index (χ3n) is 3.27. The van der Waals surface area contributed by atoms with Crippen molar-refractivity contribution in [3.05, 3.63) is 35.4 Å². The van der Waals surface area contributed by atoms with Gasteiger partial charge >= 0.3 is 0 Å². The SMILES string of the molecule is CC(C)Sc1nnc(NC(=O)CC2NC(=O)c3ccccc32)s1. The number of carbonyl (C=O) groups is 2. The number of thioether (sulfide) groups is 1. The fourth-order valence-electron chi connectivity index (χ4n) is 2.35. The van der Waals surface area contributed by atoms with Gasteiger partial charge in [0.2, 0.25) is 11.0 Å². The van der Waals surface area contributed by atoms with Gasteiger partial charge in [0.05, 0.1) is 12.5 Å². The average molecular weight is 348 g/mol. The fraction of sp³-hybridized carbons (Fsp3) is 0.333. The largest absolute Gasteiger partial charge is 0.345 e. The van der Waals surface area contributed by atoms with E-state index in [2.05, 4.69) is 34.7 Å². The van der Waals surface area contributed by atoms with Crippen molar-refractivity contribution in [2.75, 3.05) is 5.32 Å². The van der Waals surface area contributed by atoms with Crippen LogP contribution in [0.15, 0.2) is 28.6 Å². The average Bonchev–Trinajstić information content (AvgIpc) is 3.04. The molecule has 8 heteroatoms. The van der Waals surface area contributed by atoms with Gasteiger partial charge in [-0.05, 0) is 11.6 Å². The van der Waals surface area contributed by atoms with Gasteiger partial charge in [-0.25, -0.2) is 0 Å². The molecule has 1 aliphatic rings. The van der Waals surface area contributed by atoms with Crippen molar-refractivity contribution in [2.45, 2.75) is 35.9 Å². The molecule has 6 nitrogen and oxygen atoms in total. The molecule has 23 heavy (non-hydrogen) atoms. The van der Waals surface area contributed by atoms with Crippen LogP contribution in [0.1, 0.15) is 42.2 Å². The van der Waals surface area contributed by atoms with E-state index in [4.69, 9.17) is 0 Å². The summed E-state index contributed by atoms with van der Waals surface area (Å²) in [5.41, 5.74) is 1.50. The minimum atomic E-state index is -0.295. The molecule has 2 heterocycles. The second kappa shape index (κ2) is 6.67. The number of anilines is 1. The molecular weight excluding hydrogens is 332 g/mol. The smallest absolute Gasteiger partial charge is 0.252 e. The number of nitrogens with one attached hydrogen (secondary N) is 2. The summed E-state index contributed by atoms with van der Waals surface area (Å²) in [6.45, 7) is 4.15. The topological polar surface area (TPSA) is 84.0 Å². The monoisotopic (exact) mass is 348 g/mol. The Kier molecular flexibility index (Phi) is 4.63. The predicted octanol–water partition coefficient (Wildman–Crippen LogP) is 2.85. The molecule has 2 aromatic rings. The van der Waals surface area contributed by atoms with Crippen molar-refractivity contribution >= 4 is 40.0 Å². The lowest BCUT2D eigenvalue weighted by Crippen LogP contribution is -2.24. The number of nitrogens with zero attached hydrogens (tertiary/aromatic N) is 2. The summed E-state index contributed by atoms with van der Waals surface area (Å²) in [4.78, 5) is 24.0. The standard InChI is InChI=1S/C15H16N4O2S2/c1-8(2)22-15-19-18-14(23-15)17-12(20)7-11-9-5-3-4-6-10(9)13(21)16-11/h3-6,8,11H,7H2,1-2H3,(H,16,21)(H,17,18,20). The summed E-state index contributed by atoms with van der Waals surface area (Å²) in [7, 11) is 0. The zero-order valence-electron chi connectivity index (χ0n) is 12.7. The van der Waals surface area contributed by atoms with Crippen LogP contribution in [-0.4, -0.2) is 27.3 Å². The number of amides is 2. The van der Waals surface area contributed by atoms with E-state index >= 15 is 0 Å². The maximum Gasteiger partial charge on any atom is 0.252 e. The zero-order chi connectivity index (χ0) is 16.4. The van der Waals surface area contributed by atoms with Gasteiger partial charge < -0.3 is 10.6 Å². The highest BCUT2D eigenvalue weighted by Crippen LogP contribution is 2.30. The molecule has 1 aliphatic heterocycles. The molecule has 2 N–H and O–H groups in total. The summed E-state index contributed by atoms with van der Waals surface area (Å²) in [5.74, 6) is -0.325. The van der Waals surface area contributed by atoms with Crippen LogP contribution in [0.25, 0.3) is 0 Å². The number of hydrogen-bond acceptors (Lipinski definition) is 6. The molecule has 0 radical (unpaired) electrons. The van der Waals surface area contributed by atoms with Crippen LogP contribution in [0.5, 0.6) is 0 Å². The molecule has 0 saturated heterocycles. The summed E-state index contributed by atoms with van der Waals surface area (Å²) in [6, 6.07) is 7.02. The Balaban J connectivity index is 1.62. The van der Waals surface area contributed by atoms with Crippen LogP contribution in [0, 0.1) is 0 Å². The van der Waals surface area contributed by atoms with Gasteiger partial charge in [0.15, 0.2) is 4.34 Å². The lowest BCUT2D eigenvalue weighted by molar-refractivity contribution is -0.116. The van der Waals surface area contributed by atoms with Crippen molar-refractivity contribution in [3.8, 4) is 0 Å². The molecule has 0 saturated carbocycles. The van der Waals surface area contributed by atoms with Gasteiger partial charge in [0, 0.05) is 10.8 Å². The molecule has 1 aromatic carbocycles. The molecule has 0 fully saturated rings. The quantitative estimate of drug-likeness (QED) is 0.641. The Hall–Kier alpha value is -1.93. The maximum absolute atomic E-state index is 12.2. The Morgan fingerprint density at radius 1 is 1.39 bits per heavy atom. The Morgan fingerprint density at radius 3 is 2.96 bits per heavy atom. The highest BCUT2D eigenvalue weighted by atomic mass is 32.2.